The van der Waals surface area contributed by atoms with E-state index in [1.165, 1.54) is 19.3 Å². The zero-order valence-corrected chi connectivity index (χ0v) is 8.57. The first-order chi connectivity index (χ1) is 6.29. The summed E-state index contributed by atoms with van der Waals surface area (Å²) in [6.45, 7) is 2.55. The maximum absolute atomic E-state index is 10.2. The lowest BCUT2D eigenvalue weighted by atomic mass is 10.1. The van der Waals surface area contributed by atoms with Crippen LogP contribution in [0.4, 0.5) is 0 Å². The van der Waals surface area contributed by atoms with Gasteiger partial charge in [0, 0.05) is 24.9 Å². The standard InChI is InChI=1S/C8H18N2O2S/c11-13(12)6-5-9-7-8-3-1-2-4-10-8/h8-10H,1-7H2,(H,11,12)/p-1. The molecule has 2 N–H and O–H groups in total. The third-order valence-corrected chi connectivity index (χ3v) is 2.79. The van der Waals surface area contributed by atoms with Gasteiger partial charge in [0.15, 0.2) is 0 Å². The fourth-order valence-electron chi connectivity index (χ4n) is 1.53. The summed E-state index contributed by atoms with van der Waals surface area (Å²) in [5, 5.41) is 6.52. The van der Waals surface area contributed by atoms with Gasteiger partial charge in [-0.3, -0.25) is 4.21 Å². The largest absolute Gasteiger partial charge is 0.772 e. The van der Waals surface area contributed by atoms with E-state index in [0.29, 0.717) is 12.6 Å². The number of piperidine rings is 1. The van der Waals surface area contributed by atoms with Gasteiger partial charge in [-0.2, -0.15) is 0 Å². The van der Waals surface area contributed by atoms with Crippen molar-refractivity contribution in [2.24, 2.45) is 0 Å². The lowest BCUT2D eigenvalue weighted by Crippen LogP contribution is -2.42. The van der Waals surface area contributed by atoms with Gasteiger partial charge in [0.2, 0.25) is 0 Å². The van der Waals surface area contributed by atoms with E-state index in [1.54, 1.807) is 0 Å². The van der Waals surface area contributed by atoms with E-state index < -0.39 is 11.1 Å². The topological polar surface area (TPSA) is 64.2 Å². The second-order valence-corrected chi connectivity index (χ2v) is 4.37. The molecule has 5 heteroatoms. The summed E-state index contributed by atoms with van der Waals surface area (Å²) in [6.07, 6.45) is 3.75. The van der Waals surface area contributed by atoms with Gasteiger partial charge in [0.1, 0.15) is 0 Å². The van der Waals surface area contributed by atoms with Crippen LogP contribution in [0.25, 0.3) is 0 Å². The van der Waals surface area contributed by atoms with Gasteiger partial charge >= 0.3 is 0 Å². The van der Waals surface area contributed by atoms with Gasteiger partial charge in [0.05, 0.1) is 0 Å². The van der Waals surface area contributed by atoms with Gasteiger partial charge in [-0.1, -0.05) is 17.5 Å². The summed E-state index contributed by atoms with van der Waals surface area (Å²) in [4.78, 5) is 0. The Morgan fingerprint density at radius 2 is 2.38 bits per heavy atom. The third-order valence-electron chi connectivity index (χ3n) is 2.25. The van der Waals surface area contributed by atoms with Crippen LogP contribution in [0.1, 0.15) is 19.3 Å². The molecule has 0 aliphatic carbocycles. The van der Waals surface area contributed by atoms with Crippen LogP contribution in [0, 0.1) is 0 Å². The average Bonchev–Trinajstić information content (AvgIpc) is 2.14. The Balaban J connectivity index is 1.95. The van der Waals surface area contributed by atoms with E-state index in [4.69, 9.17) is 0 Å². The Kier molecular flexibility index (Phi) is 5.54. The van der Waals surface area contributed by atoms with E-state index in [-0.39, 0.29) is 5.75 Å². The highest BCUT2D eigenvalue weighted by Gasteiger charge is 2.10. The number of hydrogen-bond donors (Lipinski definition) is 2. The molecule has 0 spiro atoms. The molecule has 1 aliphatic heterocycles. The quantitative estimate of drug-likeness (QED) is 0.473. The third kappa shape index (κ3) is 5.36. The SMILES string of the molecule is O=S([O-])CCNCC1CCCCN1. The molecule has 13 heavy (non-hydrogen) atoms. The smallest absolute Gasteiger partial charge is 0.0227 e. The fraction of sp³-hybridized carbons (Fsp3) is 1.00. The van der Waals surface area contributed by atoms with Crippen molar-refractivity contribution < 1.29 is 8.76 Å². The van der Waals surface area contributed by atoms with Crippen molar-refractivity contribution in [2.75, 3.05) is 25.4 Å². The first kappa shape index (κ1) is 11.1. The van der Waals surface area contributed by atoms with Crippen molar-refractivity contribution in [3.8, 4) is 0 Å². The molecule has 1 aliphatic rings. The van der Waals surface area contributed by atoms with E-state index in [2.05, 4.69) is 10.6 Å². The lowest BCUT2D eigenvalue weighted by molar-refractivity contribution is 0.386. The number of hydrogen-bond acceptors (Lipinski definition) is 4. The van der Waals surface area contributed by atoms with Crippen molar-refractivity contribution >= 4 is 11.1 Å². The Morgan fingerprint density at radius 3 is 3.00 bits per heavy atom. The first-order valence-electron chi connectivity index (χ1n) is 4.79. The van der Waals surface area contributed by atoms with Crippen molar-refractivity contribution in [3.05, 3.63) is 0 Å². The number of nitrogens with one attached hydrogen (secondary N) is 2. The molecule has 1 rings (SSSR count). The molecule has 1 heterocycles. The van der Waals surface area contributed by atoms with E-state index in [9.17, 15) is 8.76 Å². The van der Waals surface area contributed by atoms with Crippen molar-refractivity contribution in [2.45, 2.75) is 25.3 Å². The summed E-state index contributed by atoms with van der Waals surface area (Å²) in [5.74, 6) is 0.215. The first-order valence-corrected chi connectivity index (χ1v) is 6.03. The summed E-state index contributed by atoms with van der Waals surface area (Å²) >= 11 is -1.90. The van der Waals surface area contributed by atoms with Gasteiger partial charge in [-0.05, 0) is 19.4 Å². The van der Waals surface area contributed by atoms with Gasteiger partial charge in [-0.25, -0.2) is 0 Å². The molecule has 78 valence electrons. The Labute approximate surface area is 81.8 Å². The molecular weight excluding hydrogens is 188 g/mol. The monoisotopic (exact) mass is 205 g/mol. The molecular formula is C8H17N2O2S-. The molecule has 0 aromatic rings. The van der Waals surface area contributed by atoms with Crippen LogP contribution in [0.15, 0.2) is 0 Å². The maximum atomic E-state index is 10.2. The highest BCUT2D eigenvalue weighted by molar-refractivity contribution is 7.79. The molecule has 1 saturated heterocycles. The minimum atomic E-state index is -1.90. The van der Waals surface area contributed by atoms with Crippen molar-refractivity contribution in [1.29, 1.82) is 0 Å². The fourth-order valence-corrected chi connectivity index (χ4v) is 1.84. The second kappa shape index (κ2) is 6.48. The molecule has 0 radical (unpaired) electrons. The van der Waals surface area contributed by atoms with Crippen LogP contribution in [0.2, 0.25) is 0 Å². The van der Waals surface area contributed by atoms with Crippen molar-refractivity contribution in [1.82, 2.24) is 10.6 Å². The summed E-state index contributed by atoms with van der Waals surface area (Å²) in [6, 6.07) is 0.536. The van der Waals surface area contributed by atoms with Crippen LogP contribution in [-0.4, -0.2) is 40.2 Å². The van der Waals surface area contributed by atoms with Gasteiger partial charge < -0.3 is 15.2 Å². The molecule has 0 saturated carbocycles. The van der Waals surface area contributed by atoms with Crippen molar-refractivity contribution in [3.63, 3.8) is 0 Å². The van der Waals surface area contributed by atoms with E-state index in [1.807, 2.05) is 0 Å². The van der Waals surface area contributed by atoms with Gasteiger partial charge in [-0.15, -0.1) is 0 Å². The molecule has 2 unspecified atom stereocenters. The number of rotatable bonds is 5. The maximum Gasteiger partial charge on any atom is 0.0227 e. The molecule has 2 atom stereocenters. The molecule has 0 amide bonds. The Morgan fingerprint density at radius 1 is 1.54 bits per heavy atom. The second-order valence-electron chi connectivity index (χ2n) is 3.36. The summed E-state index contributed by atoms with van der Waals surface area (Å²) < 4.78 is 20.4. The summed E-state index contributed by atoms with van der Waals surface area (Å²) in [7, 11) is 0. The molecule has 1 fully saturated rings. The predicted molar refractivity (Wildman–Crippen MR) is 52.3 cm³/mol. The van der Waals surface area contributed by atoms with Crippen LogP contribution < -0.4 is 10.6 Å². The molecule has 0 aromatic heterocycles. The van der Waals surface area contributed by atoms with Crippen LogP contribution in [-0.2, 0) is 11.1 Å². The highest BCUT2D eigenvalue weighted by atomic mass is 32.2. The minimum absolute atomic E-state index is 0.215. The molecule has 0 aromatic carbocycles. The highest BCUT2D eigenvalue weighted by Crippen LogP contribution is 2.05. The predicted octanol–water partition coefficient (Wildman–Crippen LogP) is -0.403. The van der Waals surface area contributed by atoms with Crippen LogP contribution in [0.5, 0.6) is 0 Å². The van der Waals surface area contributed by atoms with Crippen LogP contribution >= 0.6 is 0 Å². The summed E-state index contributed by atoms with van der Waals surface area (Å²) in [5.41, 5.74) is 0. The molecule has 4 nitrogen and oxygen atoms in total. The van der Waals surface area contributed by atoms with E-state index in [0.717, 1.165) is 13.1 Å². The lowest BCUT2D eigenvalue weighted by Gasteiger charge is -2.23. The molecule has 0 bridgehead atoms. The normalized spacial score (nSPS) is 25.8. The van der Waals surface area contributed by atoms with Crippen LogP contribution in [0.3, 0.4) is 0 Å². The average molecular weight is 205 g/mol. The zero-order chi connectivity index (χ0) is 9.52. The van der Waals surface area contributed by atoms with E-state index >= 15 is 0 Å². The zero-order valence-electron chi connectivity index (χ0n) is 7.75. The Hall–Kier alpha value is 0.0300. The minimum Gasteiger partial charge on any atom is -0.772 e. The van der Waals surface area contributed by atoms with Gasteiger partial charge in [0.25, 0.3) is 0 Å². The Bertz CT molecular complexity index is 160.